The monoisotopic (exact) mass is 234 g/mol. The Labute approximate surface area is 96.0 Å². The molecule has 0 N–H and O–H groups in total. The number of amides is 2. The van der Waals surface area contributed by atoms with Crippen molar-refractivity contribution in [2.75, 3.05) is 18.1 Å². The predicted octanol–water partition coefficient (Wildman–Crippen LogP) is 0.587. The van der Waals surface area contributed by atoms with Gasteiger partial charge in [-0.2, -0.15) is 5.26 Å². The number of carbonyl (C=O) groups is 2. The van der Waals surface area contributed by atoms with E-state index in [1.165, 1.54) is 6.07 Å². The van der Waals surface area contributed by atoms with E-state index in [1.807, 2.05) is 0 Å². The molecule has 0 radical (unpaired) electrons. The summed E-state index contributed by atoms with van der Waals surface area (Å²) in [6, 6.07) is 5.05. The molecule has 0 bridgehead atoms. The van der Waals surface area contributed by atoms with Gasteiger partial charge in [0.1, 0.15) is 25.1 Å². The lowest BCUT2D eigenvalue weighted by atomic mass is 10.1. The van der Waals surface area contributed by atoms with E-state index in [1.54, 1.807) is 6.07 Å². The van der Waals surface area contributed by atoms with Crippen molar-refractivity contribution in [3.8, 4) is 6.07 Å². The van der Waals surface area contributed by atoms with Gasteiger partial charge >= 0.3 is 0 Å². The van der Waals surface area contributed by atoms with E-state index in [2.05, 4.69) is 0 Å². The minimum atomic E-state index is -0.599. The standard InChI is InChI=1S/C11H7FN2O3/c12-8-1-2-9(7(3-8)4-13)14-10(15)5-17-6-11(14)16/h1-3H,5-6H2. The van der Waals surface area contributed by atoms with E-state index >= 15 is 0 Å². The van der Waals surface area contributed by atoms with E-state index in [0.717, 1.165) is 17.0 Å². The molecule has 1 saturated heterocycles. The summed E-state index contributed by atoms with van der Waals surface area (Å²) in [6.07, 6.45) is 0. The van der Waals surface area contributed by atoms with Crippen LogP contribution in [0.3, 0.4) is 0 Å². The molecular weight excluding hydrogens is 227 g/mol. The van der Waals surface area contributed by atoms with Crippen LogP contribution in [0, 0.1) is 17.1 Å². The second-order valence-corrected chi connectivity index (χ2v) is 3.39. The van der Waals surface area contributed by atoms with E-state index in [9.17, 15) is 14.0 Å². The number of hydrogen-bond acceptors (Lipinski definition) is 4. The predicted molar refractivity (Wildman–Crippen MR) is 54.4 cm³/mol. The normalized spacial score (nSPS) is 15.9. The summed E-state index contributed by atoms with van der Waals surface area (Å²) in [5, 5.41) is 8.85. The van der Waals surface area contributed by atoms with Crippen LogP contribution < -0.4 is 4.90 Å². The summed E-state index contributed by atoms with van der Waals surface area (Å²) in [7, 11) is 0. The Morgan fingerprint density at radius 1 is 1.29 bits per heavy atom. The Balaban J connectivity index is 2.49. The number of anilines is 1. The highest BCUT2D eigenvalue weighted by Gasteiger charge is 2.29. The quantitative estimate of drug-likeness (QED) is 0.666. The molecule has 17 heavy (non-hydrogen) atoms. The maximum Gasteiger partial charge on any atom is 0.259 e. The fraction of sp³-hybridized carbons (Fsp3) is 0.182. The van der Waals surface area contributed by atoms with Crippen LogP contribution in [0.5, 0.6) is 0 Å². The summed E-state index contributed by atoms with van der Waals surface area (Å²) < 4.78 is 17.7. The third-order valence-electron chi connectivity index (χ3n) is 2.27. The molecule has 1 fully saturated rings. The summed E-state index contributed by atoms with van der Waals surface area (Å²) in [5.41, 5.74) is 0.0285. The van der Waals surface area contributed by atoms with Crippen molar-refractivity contribution in [1.29, 1.82) is 5.26 Å². The highest BCUT2D eigenvalue weighted by atomic mass is 19.1. The average molecular weight is 234 g/mol. The first kappa shape index (κ1) is 11.2. The first-order chi connectivity index (χ1) is 8.13. The fourth-order valence-electron chi connectivity index (χ4n) is 1.56. The number of rotatable bonds is 1. The minimum Gasteiger partial charge on any atom is -0.362 e. The number of hydrogen-bond donors (Lipinski definition) is 0. The smallest absolute Gasteiger partial charge is 0.259 e. The summed E-state index contributed by atoms with van der Waals surface area (Å²) in [6.45, 7) is -0.456. The molecular formula is C11H7FN2O3. The van der Waals surface area contributed by atoms with Gasteiger partial charge in [-0.05, 0) is 18.2 Å². The highest BCUT2D eigenvalue weighted by Crippen LogP contribution is 2.23. The molecule has 5 nitrogen and oxygen atoms in total. The summed E-state index contributed by atoms with van der Waals surface area (Å²) >= 11 is 0. The third-order valence-corrected chi connectivity index (χ3v) is 2.27. The number of morpholine rings is 1. The maximum atomic E-state index is 12.9. The SMILES string of the molecule is N#Cc1cc(F)ccc1N1C(=O)COCC1=O. The molecule has 0 spiro atoms. The Morgan fingerprint density at radius 3 is 2.53 bits per heavy atom. The average Bonchev–Trinajstić information content (AvgIpc) is 2.30. The molecule has 0 unspecified atom stereocenters. The molecule has 86 valence electrons. The number of imide groups is 1. The van der Waals surface area contributed by atoms with E-state index < -0.39 is 17.6 Å². The molecule has 1 aromatic rings. The molecule has 1 aromatic carbocycles. The number of nitrogens with zero attached hydrogens (tertiary/aromatic N) is 2. The van der Waals surface area contributed by atoms with E-state index in [-0.39, 0.29) is 24.5 Å². The molecule has 1 heterocycles. The van der Waals surface area contributed by atoms with Crippen molar-refractivity contribution in [3.63, 3.8) is 0 Å². The minimum absolute atomic E-state index is 0.0615. The van der Waals surface area contributed by atoms with Gasteiger partial charge in [0.15, 0.2) is 0 Å². The number of carbonyl (C=O) groups excluding carboxylic acids is 2. The van der Waals surface area contributed by atoms with Crippen LogP contribution in [0.1, 0.15) is 5.56 Å². The van der Waals surface area contributed by atoms with Crippen LogP contribution in [0.4, 0.5) is 10.1 Å². The lowest BCUT2D eigenvalue weighted by Crippen LogP contribution is -2.46. The number of nitriles is 1. The van der Waals surface area contributed by atoms with Crippen LogP contribution in [-0.4, -0.2) is 25.0 Å². The van der Waals surface area contributed by atoms with Gasteiger partial charge in [-0.3, -0.25) is 9.59 Å². The van der Waals surface area contributed by atoms with Gasteiger partial charge in [-0.15, -0.1) is 0 Å². The Hall–Kier alpha value is -2.26. The first-order valence-electron chi connectivity index (χ1n) is 4.76. The fourth-order valence-corrected chi connectivity index (χ4v) is 1.56. The Kier molecular flexibility index (Phi) is 2.85. The number of benzene rings is 1. The maximum absolute atomic E-state index is 12.9. The second-order valence-electron chi connectivity index (χ2n) is 3.39. The van der Waals surface area contributed by atoms with Crippen molar-refractivity contribution in [1.82, 2.24) is 0 Å². The van der Waals surface area contributed by atoms with Gasteiger partial charge in [-0.25, -0.2) is 9.29 Å². The van der Waals surface area contributed by atoms with Crippen molar-refractivity contribution in [2.24, 2.45) is 0 Å². The van der Waals surface area contributed by atoms with Gasteiger partial charge in [0, 0.05) is 0 Å². The Morgan fingerprint density at radius 2 is 1.94 bits per heavy atom. The van der Waals surface area contributed by atoms with Crippen molar-refractivity contribution in [3.05, 3.63) is 29.6 Å². The number of halogens is 1. The molecule has 1 aliphatic rings. The van der Waals surface area contributed by atoms with Crippen LogP contribution in [-0.2, 0) is 14.3 Å². The zero-order valence-electron chi connectivity index (χ0n) is 8.64. The van der Waals surface area contributed by atoms with Gasteiger partial charge in [-0.1, -0.05) is 0 Å². The zero-order valence-corrected chi connectivity index (χ0v) is 8.64. The number of ether oxygens (including phenoxy) is 1. The largest absolute Gasteiger partial charge is 0.362 e. The topological polar surface area (TPSA) is 70.4 Å². The van der Waals surface area contributed by atoms with Gasteiger partial charge in [0.25, 0.3) is 11.8 Å². The molecule has 2 amide bonds. The van der Waals surface area contributed by atoms with Crippen LogP contribution in [0.15, 0.2) is 18.2 Å². The highest BCUT2D eigenvalue weighted by molar-refractivity contribution is 6.17. The van der Waals surface area contributed by atoms with E-state index in [4.69, 9.17) is 10.00 Å². The molecule has 0 aliphatic carbocycles. The molecule has 0 atom stereocenters. The lowest BCUT2D eigenvalue weighted by molar-refractivity contribution is -0.138. The van der Waals surface area contributed by atoms with Gasteiger partial charge < -0.3 is 4.74 Å². The van der Waals surface area contributed by atoms with Crippen LogP contribution >= 0.6 is 0 Å². The first-order valence-corrected chi connectivity index (χ1v) is 4.76. The molecule has 2 rings (SSSR count). The second kappa shape index (κ2) is 4.31. The third kappa shape index (κ3) is 2.00. The summed E-state index contributed by atoms with van der Waals surface area (Å²) in [5.74, 6) is -1.73. The van der Waals surface area contributed by atoms with Crippen molar-refractivity contribution < 1.29 is 18.7 Å². The molecule has 0 saturated carbocycles. The molecule has 6 heteroatoms. The van der Waals surface area contributed by atoms with Gasteiger partial charge in [0.2, 0.25) is 0 Å². The van der Waals surface area contributed by atoms with Crippen molar-refractivity contribution >= 4 is 17.5 Å². The molecule has 0 aromatic heterocycles. The van der Waals surface area contributed by atoms with Crippen LogP contribution in [0.2, 0.25) is 0 Å². The lowest BCUT2D eigenvalue weighted by Gasteiger charge is -2.25. The zero-order chi connectivity index (χ0) is 12.4. The van der Waals surface area contributed by atoms with Crippen molar-refractivity contribution in [2.45, 2.75) is 0 Å². The van der Waals surface area contributed by atoms with Crippen LogP contribution in [0.25, 0.3) is 0 Å². The van der Waals surface area contributed by atoms with E-state index in [0.29, 0.717) is 0 Å². The summed E-state index contributed by atoms with van der Waals surface area (Å²) in [4.78, 5) is 23.9. The molecule has 1 aliphatic heterocycles. The van der Waals surface area contributed by atoms with Gasteiger partial charge in [0.05, 0.1) is 11.3 Å². The Bertz CT molecular complexity index is 520.